The third-order valence-corrected chi connectivity index (χ3v) is 5.38. The number of H-pyrrole nitrogens is 2. The maximum Gasteiger partial charge on any atom is 0.272 e. The lowest BCUT2D eigenvalue weighted by Gasteiger charge is -2.15. The Morgan fingerprint density at radius 1 is 1.06 bits per heavy atom. The number of hydrogen-bond acceptors (Lipinski definition) is 5. The van der Waals surface area contributed by atoms with Gasteiger partial charge in [0.05, 0.1) is 23.0 Å². The molecule has 0 bridgehead atoms. The molecule has 0 aliphatic heterocycles. The Kier molecular flexibility index (Phi) is 5.83. The van der Waals surface area contributed by atoms with Crippen molar-refractivity contribution >= 4 is 38.1 Å². The van der Waals surface area contributed by atoms with E-state index in [9.17, 15) is 26.8 Å². The van der Waals surface area contributed by atoms with Crippen molar-refractivity contribution in [2.24, 2.45) is 0 Å². The second-order valence-corrected chi connectivity index (χ2v) is 9.22. The van der Waals surface area contributed by atoms with Gasteiger partial charge in [-0.2, -0.15) is 0 Å². The van der Waals surface area contributed by atoms with Gasteiger partial charge in [0.25, 0.3) is 11.5 Å². The van der Waals surface area contributed by atoms with Crippen LogP contribution in [0.25, 0.3) is 10.8 Å². The first-order valence-electron chi connectivity index (χ1n) is 9.77. The number of sulfonamides is 1. The molecule has 0 unspecified atom stereocenters. The molecule has 4 aromatic rings. The molecule has 0 aliphatic carbocycles. The summed E-state index contributed by atoms with van der Waals surface area (Å²) < 4.78 is 58.3. The van der Waals surface area contributed by atoms with E-state index in [0.717, 1.165) is 18.4 Å². The third-order valence-electron chi connectivity index (χ3n) is 4.77. The summed E-state index contributed by atoms with van der Waals surface area (Å²) >= 11 is 0. The fourth-order valence-electron chi connectivity index (χ4n) is 3.32. The van der Waals surface area contributed by atoms with E-state index in [1.165, 1.54) is 24.3 Å². The Hall–Kier alpha value is -4.19. The van der Waals surface area contributed by atoms with Crippen molar-refractivity contribution in [3.63, 3.8) is 0 Å². The lowest BCUT2D eigenvalue weighted by Crippen LogP contribution is -2.19. The number of amides is 1. The highest BCUT2D eigenvalue weighted by atomic mass is 32.2. The molecule has 0 fully saturated rings. The van der Waals surface area contributed by atoms with Crippen molar-refractivity contribution in [3.8, 4) is 11.5 Å². The molecule has 4 N–H and O–H groups in total. The summed E-state index contributed by atoms with van der Waals surface area (Å²) in [4.78, 5) is 30.7. The van der Waals surface area contributed by atoms with Crippen molar-refractivity contribution < 1.29 is 26.7 Å². The van der Waals surface area contributed by atoms with Gasteiger partial charge in [0.1, 0.15) is 11.5 Å². The minimum absolute atomic E-state index is 0.0337. The summed E-state index contributed by atoms with van der Waals surface area (Å²) in [6.07, 6.45) is 2.53. The molecule has 4 rings (SSSR count). The Bertz CT molecular complexity index is 1590. The highest BCUT2D eigenvalue weighted by Crippen LogP contribution is 2.34. The number of aromatic nitrogens is 2. The van der Waals surface area contributed by atoms with E-state index in [-0.39, 0.29) is 28.6 Å². The molecule has 0 spiro atoms. The predicted octanol–water partition coefficient (Wildman–Crippen LogP) is 3.86. The Labute approximate surface area is 191 Å². The van der Waals surface area contributed by atoms with E-state index >= 15 is 0 Å². The monoisotopic (exact) mass is 488 g/mol. The van der Waals surface area contributed by atoms with Crippen LogP contribution in [-0.4, -0.2) is 30.5 Å². The highest BCUT2D eigenvalue weighted by Gasteiger charge is 2.17. The van der Waals surface area contributed by atoms with E-state index in [0.29, 0.717) is 22.5 Å². The minimum Gasteiger partial charge on any atom is -0.452 e. The second kappa shape index (κ2) is 8.63. The Morgan fingerprint density at radius 2 is 1.79 bits per heavy atom. The van der Waals surface area contributed by atoms with E-state index < -0.39 is 33.1 Å². The van der Waals surface area contributed by atoms with Crippen molar-refractivity contribution in [3.05, 3.63) is 82.0 Å². The van der Waals surface area contributed by atoms with Gasteiger partial charge in [0, 0.05) is 23.3 Å². The first-order valence-corrected chi connectivity index (χ1v) is 11.7. The standard InChI is InChI=1S/C22H18F2N4O5S/c1-11-20-12(10-25-11)7-17(27-22(20)30)21(29)26-16-9-14(28-34(2,31)32)4-6-19(16)33-18-5-3-13(23)8-15(18)24/h3-10,25,28H,1-2H3,(H,26,29)(H,27,30). The zero-order valence-electron chi connectivity index (χ0n) is 17.8. The van der Waals surface area contributed by atoms with Crippen LogP contribution in [0.2, 0.25) is 0 Å². The quantitative estimate of drug-likeness (QED) is 0.327. The SMILES string of the molecule is Cc1[nH]cc2cc(C(=O)Nc3cc(NS(C)(=O)=O)ccc3Oc3ccc(F)cc3F)[nH]c(=O)c12. The molecular formula is C22H18F2N4O5S. The number of rotatable bonds is 6. The van der Waals surface area contributed by atoms with Crippen LogP contribution in [0.4, 0.5) is 20.2 Å². The van der Waals surface area contributed by atoms with Gasteiger partial charge in [0.2, 0.25) is 10.0 Å². The number of pyridine rings is 1. The molecule has 2 aromatic heterocycles. The summed E-state index contributed by atoms with van der Waals surface area (Å²) in [6, 6.07) is 8.05. The van der Waals surface area contributed by atoms with Crippen LogP contribution in [0.15, 0.2) is 53.5 Å². The molecule has 0 atom stereocenters. The second-order valence-electron chi connectivity index (χ2n) is 7.47. The van der Waals surface area contributed by atoms with E-state index in [1.54, 1.807) is 13.1 Å². The zero-order valence-corrected chi connectivity index (χ0v) is 18.6. The molecule has 12 heteroatoms. The van der Waals surface area contributed by atoms with Gasteiger partial charge in [-0.3, -0.25) is 14.3 Å². The maximum atomic E-state index is 14.1. The summed E-state index contributed by atoms with van der Waals surface area (Å²) in [6.45, 7) is 1.72. The Balaban J connectivity index is 1.72. The van der Waals surface area contributed by atoms with Crippen LogP contribution in [0.3, 0.4) is 0 Å². The molecule has 0 aliphatic rings. The molecule has 0 saturated heterocycles. The minimum atomic E-state index is -3.64. The topological polar surface area (TPSA) is 133 Å². The van der Waals surface area contributed by atoms with Gasteiger partial charge in [-0.05, 0) is 43.3 Å². The summed E-state index contributed by atoms with van der Waals surface area (Å²) in [5, 5.41) is 3.45. The van der Waals surface area contributed by atoms with Crippen LogP contribution in [-0.2, 0) is 10.0 Å². The first kappa shape index (κ1) is 23.0. The number of hydrogen-bond donors (Lipinski definition) is 4. The normalized spacial score (nSPS) is 11.4. The van der Waals surface area contributed by atoms with Crippen molar-refractivity contribution in [1.29, 1.82) is 0 Å². The van der Waals surface area contributed by atoms with Crippen LogP contribution < -0.4 is 20.3 Å². The van der Waals surface area contributed by atoms with Crippen molar-refractivity contribution in [2.45, 2.75) is 6.92 Å². The molecular weight excluding hydrogens is 470 g/mol. The Morgan fingerprint density at radius 3 is 2.50 bits per heavy atom. The third kappa shape index (κ3) is 4.91. The van der Waals surface area contributed by atoms with Gasteiger partial charge in [0.15, 0.2) is 17.3 Å². The molecule has 1 amide bonds. The smallest absolute Gasteiger partial charge is 0.272 e. The molecule has 9 nitrogen and oxygen atoms in total. The number of benzene rings is 2. The number of ether oxygens (including phenoxy) is 1. The van der Waals surface area contributed by atoms with E-state index in [2.05, 4.69) is 20.0 Å². The molecule has 34 heavy (non-hydrogen) atoms. The summed E-state index contributed by atoms with van der Waals surface area (Å²) in [5.74, 6) is -2.89. The van der Waals surface area contributed by atoms with Crippen LogP contribution >= 0.6 is 0 Å². The molecule has 0 saturated carbocycles. The number of halogens is 2. The lowest BCUT2D eigenvalue weighted by atomic mass is 10.2. The van der Waals surface area contributed by atoms with Gasteiger partial charge < -0.3 is 20.0 Å². The van der Waals surface area contributed by atoms with Crippen LogP contribution in [0.1, 0.15) is 16.2 Å². The average Bonchev–Trinajstić information content (AvgIpc) is 3.11. The van der Waals surface area contributed by atoms with Crippen LogP contribution in [0, 0.1) is 18.6 Å². The number of fused-ring (bicyclic) bond motifs is 1. The molecule has 2 heterocycles. The molecule has 2 aromatic carbocycles. The van der Waals surface area contributed by atoms with Crippen molar-refractivity contribution in [1.82, 2.24) is 9.97 Å². The molecule has 176 valence electrons. The van der Waals surface area contributed by atoms with Gasteiger partial charge >= 0.3 is 0 Å². The number of carbonyl (C=O) groups is 1. The zero-order chi connectivity index (χ0) is 24.6. The fraction of sp³-hybridized carbons (Fsp3) is 0.0909. The number of aromatic amines is 2. The maximum absolute atomic E-state index is 14.1. The van der Waals surface area contributed by atoms with Gasteiger partial charge in [-0.25, -0.2) is 17.2 Å². The number of anilines is 2. The van der Waals surface area contributed by atoms with E-state index in [1.807, 2.05) is 0 Å². The summed E-state index contributed by atoms with van der Waals surface area (Å²) in [5.41, 5.74) is 0.152. The predicted molar refractivity (Wildman–Crippen MR) is 123 cm³/mol. The average molecular weight is 488 g/mol. The lowest BCUT2D eigenvalue weighted by molar-refractivity contribution is 0.102. The largest absolute Gasteiger partial charge is 0.452 e. The fourth-order valence-corrected chi connectivity index (χ4v) is 3.88. The van der Waals surface area contributed by atoms with E-state index in [4.69, 9.17) is 4.74 Å². The number of aryl methyl sites for hydroxylation is 1. The van der Waals surface area contributed by atoms with Gasteiger partial charge in [-0.15, -0.1) is 0 Å². The highest BCUT2D eigenvalue weighted by molar-refractivity contribution is 7.92. The number of nitrogens with one attached hydrogen (secondary N) is 4. The first-order chi connectivity index (χ1) is 16.0. The van der Waals surface area contributed by atoms with Crippen molar-refractivity contribution in [2.75, 3.05) is 16.3 Å². The van der Waals surface area contributed by atoms with Crippen LogP contribution in [0.5, 0.6) is 11.5 Å². The van der Waals surface area contributed by atoms with Gasteiger partial charge in [-0.1, -0.05) is 0 Å². The summed E-state index contributed by atoms with van der Waals surface area (Å²) in [7, 11) is -3.64. The number of carbonyl (C=O) groups excluding carboxylic acids is 1. The molecule has 0 radical (unpaired) electrons.